The first kappa shape index (κ1) is 23.2. The Morgan fingerprint density at radius 3 is 2.31 bits per heavy atom. The van der Waals surface area contributed by atoms with Gasteiger partial charge in [-0.15, -0.1) is 0 Å². The van der Waals surface area contributed by atoms with Crippen LogP contribution in [-0.2, 0) is 19.7 Å². The Labute approximate surface area is 174 Å². The van der Waals surface area contributed by atoms with E-state index in [-0.39, 0.29) is 23.3 Å². The number of carbonyl (C=O) groups excluding carboxylic acids is 2. The minimum Gasteiger partial charge on any atom is -0.494 e. The zero-order valence-corrected chi connectivity index (χ0v) is 18.3. The number of nitrogens with one attached hydrogen (secondary N) is 1. The number of nitrogens with zero attached hydrogens (tertiary/aromatic N) is 1. The lowest BCUT2D eigenvalue weighted by Gasteiger charge is -2.32. The predicted molar refractivity (Wildman–Crippen MR) is 114 cm³/mol. The number of amides is 2. The number of rotatable bonds is 9. The highest BCUT2D eigenvalue weighted by molar-refractivity contribution is 5.77. The van der Waals surface area contributed by atoms with Gasteiger partial charge in [0.15, 0.2) is 0 Å². The molecule has 1 aromatic carbocycles. The molecule has 1 aliphatic rings. The molecule has 2 rings (SSSR count). The Balaban J connectivity index is 1.60. The van der Waals surface area contributed by atoms with Crippen molar-refractivity contribution in [3.63, 3.8) is 0 Å². The second-order valence-corrected chi connectivity index (χ2v) is 8.69. The van der Waals surface area contributed by atoms with Gasteiger partial charge in [-0.05, 0) is 42.4 Å². The highest BCUT2D eigenvalue weighted by atomic mass is 16.5. The molecule has 1 fully saturated rings. The van der Waals surface area contributed by atoms with E-state index in [0.717, 1.165) is 18.6 Å². The number of benzene rings is 1. The van der Waals surface area contributed by atoms with Crippen LogP contribution >= 0.6 is 0 Å². The molecule has 29 heavy (non-hydrogen) atoms. The van der Waals surface area contributed by atoms with Crippen LogP contribution in [0.15, 0.2) is 24.3 Å². The fourth-order valence-corrected chi connectivity index (χ4v) is 3.39. The third kappa shape index (κ3) is 8.05. The molecule has 0 unspecified atom stereocenters. The van der Waals surface area contributed by atoms with E-state index < -0.39 is 0 Å². The van der Waals surface area contributed by atoms with Gasteiger partial charge in [-0.2, -0.15) is 0 Å². The molecule has 162 valence electrons. The van der Waals surface area contributed by atoms with Gasteiger partial charge in [0.25, 0.3) is 0 Å². The zero-order valence-electron chi connectivity index (χ0n) is 18.3. The van der Waals surface area contributed by atoms with E-state index in [4.69, 9.17) is 9.47 Å². The van der Waals surface area contributed by atoms with E-state index in [0.29, 0.717) is 45.6 Å². The van der Waals surface area contributed by atoms with E-state index in [2.05, 4.69) is 38.2 Å². The third-order valence-electron chi connectivity index (χ3n) is 5.27. The highest BCUT2D eigenvalue weighted by Crippen LogP contribution is 2.24. The molecule has 0 spiro atoms. The Morgan fingerprint density at radius 1 is 1.07 bits per heavy atom. The van der Waals surface area contributed by atoms with Crippen molar-refractivity contribution >= 4 is 11.8 Å². The molecule has 0 aromatic heterocycles. The molecule has 0 bridgehead atoms. The third-order valence-corrected chi connectivity index (χ3v) is 5.27. The standard InChI is InChI=1S/C23H36N2O4/c1-23(2,3)18-7-9-20(10-8-18)29-16-5-6-21(26)24-19-11-14-25(15-12-19)22(27)13-17-28-4/h7-10,19H,5-6,11-17H2,1-4H3,(H,24,26). The number of ether oxygens (including phenoxy) is 2. The Hall–Kier alpha value is -2.08. The quantitative estimate of drug-likeness (QED) is 0.642. The number of piperidine rings is 1. The highest BCUT2D eigenvalue weighted by Gasteiger charge is 2.23. The van der Waals surface area contributed by atoms with Crippen LogP contribution in [0.25, 0.3) is 0 Å². The van der Waals surface area contributed by atoms with Gasteiger partial charge < -0.3 is 19.7 Å². The summed E-state index contributed by atoms with van der Waals surface area (Å²) in [5.74, 6) is 1.02. The molecule has 6 heteroatoms. The van der Waals surface area contributed by atoms with Gasteiger partial charge >= 0.3 is 0 Å². The zero-order chi connectivity index (χ0) is 21.3. The van der Waals surface area contributed by atoms with Crippen LogP contribution in [0.4, 0.5) is 0 Å². The van der Waals surface area contributed by atoms with E-state index in [1.54, 1.807) is 7.11 Å². The molecule has 0 atom stereocenters. The summed E-state index contributed by atoms with van der Waals surface area (Å²) >= 11 is 0. The topological polar surface area (TPSA) is 67.9 Å². The molecule has 2 amide bonds. The Bertz CT molecular complexity index is 644. The smallest absolute Gasteiger partial charge is 0.224 e. The fourth-order valence-electron chi connectivity index (χ4n) is 3.39. The molecule has 1 aromatic rings. The van der Waals surface area contributed by atoms with Crippen molar-refractivity contribution < 1.29 is 19.1 Å². The van der Waals surface area contributed by atoms with Gasteiger partial charge in [0.1, 0.15) is 5.75 Å². The molecular formula is C23H36N2O4. The summed E-state index contributed by atoms with van der Waals surface area (Å²) in [4.78, 5) is 26.0. The number of hydrogen-bond donors (Lipinski definition) is 1. The van der Waals surface area contributed by atoms with E-state index >= 15 is 0 Å². The minimum atomic E-state index is 0.0563. The fraction of sp³-hybridized carbons (Fsp3) is 0.652. The first-order chi connectivity index (χ1) is 13.8. The normalized spacial score (nSPS) is 15.2. The number of hydrogen-bond acceptors (Lipinski definition) is 4. The van der Waals surface area contributed by atoms with Crippen LogP contribution in [0.3, 0.4) is 0 Å². The first-order valence-electron chi connectivity index (χ1n) is 10.6. The molecular weight excluding hydrogens is 368 g/mol. The summed E-state index contributed by atoms with van der Waals surface area (Å²) in [5.41, 5.74) is 1.40. The summed E-state index contributed by atoms with van der Waals surface area (Å²) in [6.45, 7) is 8.93. The van der Waals surface area contributed by atoms with Crippen molar-refractivity contribution in [3.8, 4) is 5.75 Å². The number of methoxy groups -OCH3 is 1. The second kappa shape index (κ2) is 11.2. The monoisotopic (exact) mass is 404 g/mol. The molecule has 1 saturated heterocycles. The van der Waals surface area contributed by atoms with Crippen LogP contribution < -0.4 is 10.1 Å². The van der Waals surface area contributed by atoms with Gasteiger partial charge in [0.05, 0.1) is 19.6 Å². The molecule has 1 aliphatic heterocycles. The van der Waals surface area contributed by atoms with Crippen LogP contribution in [0.5, 0.6) is 5.75 Å². The summed E-state index contributed by atoms with van der Waals surface area (Å²) in [6, 6.07) is 8.31. The van der Waals surface area contributed by atoms with E-state index in [1.807, 2.05) is 17.0 Å². The summed E-state index contributed by atoms with van der Waals surface area (Å²) in [6.07, 6.45) is 3.17. The minimum absolute atomic E-state index is 0.0563. The maximum atomic E-state index is 12.2. The van der Waals surface area contributed by atoms with Crippen molar-refractivity contribution in [2.75, 3.05) is 33.4 Å². The molecule has 0 aliphatic carbocycles. The van der Waals surface area contributed by atoms with Crippen molar-refractivity contribution in [2.45, 2.75) is 64.3 Å². The summed E-state index contributed by atoms with van der Waals surface area (Å²) in [5, 5.41) is 3.09. The largest absolute Gasteiger partial charge is 0.494 e. The van der Waals surface area contributed by atoms with E-state index in [9.17, 15) is 9.59 Å². The van der Waals surface area contributed by atoms with Gasteiger partial charge in [0, 0.05) is 32.7 Å². The average Bonchev–Trinajstić information content (AvgIpc) is 2.69. The van der Waals surface area contributed by atoms with Crippen LogP contribution in [0.2, 0.25) is 0 Å². The lowest BCUT2D eigenvalue weighted by molar-refractivity contribution is -0.133. The van der Waals surface area contributed by atoms with Crippen LogP contribution in [0.1, 0.15) is 58.4 Å². The molecule has 1 N–H and O–H groups in total. The van der Waals surface area contributed by atoms with Crippen molar-refractivity contribution in [1.29, 1.82) is 0 Å². The van der Waals surface area contributed by atoms with Gasteiger partial charge in [-0.25, -0.2) is 0 Å². The van der Waals surface area contributed by atoms with Crippen LogP contribution in [-0.4, -0.2) is 56.2 Å². The summed E-state index contributed by atoms with van der Waals surface area (Å²) in [7, 11) is 1.60. The van der Waals surface area contributed by atoms with Crippen LogP contribution in [0, 0.1) is 0 Å². The van der Waals surface area contributed by atoms with Crippen molar-refractivity contribution in [3.05, 3.63) is 29.8 Å². The lowest BCUT2D eigenvalue weighted by Crippen LogP contribution is -2.46. The predicted octanol–water partition coefficient (Wildman–Crippen LogP) is 3.29. The van der Waals surface area contributed by atoms with E-state index in [1.165, 1.54) is 5.56 Å². The van der Waals surface area contributed by atoms with Crippen molar-refractivity contribution in [1.82, 2.24) is 10.2 Å². The first-order valence-corrected chi connectivity index (χ1v) is 10.6. The van der Waals surface area contributed by atoms with Gasteiger partial charge in [-0.1, -0.05) is 32.9 Å². The molecule has 6 nitrogen and oxygen atoms in total. The summed E-state index contributed by atoms with van der Waals surface area (Å²) < 4.78 is 10.7. The van der Waals surface area contributed by atoms with Crippen molar-refractivity contribution in [2.24, 2.45) is 0 Å². The number of likely N-dealkylation sites (tertiary alicyclic amines) is 1. The van der Waals surface area contributed by atoms with Gasteiger partial charge in [-0.3, -0.25) is 9.59 Å². The SMILES string of the molecule is COCCC(=O)N1CCC(NC(=O)CCCOc2ccc(C(C)(C)C)cc2)CC1. The van der Waals surface area contributed by atoms with Gasteiger partial charge in [0.2, 0.25) is 11.8 Å². The second-order valence-electron chi connectivity index (χ2n) is 8.69. The molecule has 1 heterocycles. The molecule has 0 radical (unpaired) electrons. The maximum absolute atomic E-state index is 12.2. The maximum Gasteiger partial charge on any atom is 0.224 e. The molecule has 0 saturated carbocycles. The Morgan fingerprint density at radius 2 is 1.72 bits per heavy atom. The number of carbonyl (C=O) groups is 2. The Kier molecular flexibility index (Phi) is 8.96. The lowest BCUT2D eigenvalue weighted by atomic mass is 9.87. The average molecular weight is 405 g/mol.